The van der Waals surface area contributed by atoms with Gasteiger partial charge in [0.25, 0.3) is 5.56 Å². The number of ether oxygens (including phenoxy) is 1. The summed E-state index contributed by atoms with van der Waals surface area (Å²) in [7, 11) is 0. The van der Waals surface area contributed by atoms with Gasteiger partial charge in [-0.15, -0.1) is 0 Å². The van der Waals surface area contributed by atoms with Gasteiger partial charge in [-0.25, -0.2) is 0 Å². The molecular weight excluding hydrogens is 254 g/mol. The third-order valence-corrected chi connectivity index (χ3v) is 3.68. The summed E-state index contributed by atoms with van der Waals surface area (Å²) in [6, 6.07) is 5.71. The SMILES string of the molecule is CCCNCC1COCCN1CCn1ccccc1=O. The minimum Gasteiger partial charge on any atom is -0.378 e. The smallest absolute Gasteiger partial charge is 0.250 e. The van der Waals surface area contributed by atoms with Gasteiger partial charge in [0.1, 0.15) is 0 Å². The lowest BCUT2D eigenvalue weighted by Gasteiger charge is -2.35. The minimum absolute atomic E-state index is 0.0708. The average molecular weight is 279 g/mol. The molecule has 5 nitrogen and oxygen atoms in total. The number of nitrogens with one attached hydrogen (secondary N) is 1. The molecule has 1 saturated heterocycles. The molecule has 5 heteroatoms. The first-order valence-corrected chi connectivity index (χ1v) is 7.49. The van der Waals surface area contributed by atoms with Crippen molar-refractivity contribution >= 4 is 0 Å². The lowest BCUT2D eigenvalue weighted by atomic mass is 10.2. The van der Waals surface area contributed by atoms with Crippen LogP contribution in [-0.2, 0) is 11.3 Å². The fraction of sp³-hybridized carbons (Fsp3) is 0.667. The normalized spacial score (nSPS) is 20.1. The third kappa shape index (κ3) is 4.44. The molecule has 0 radical (unpaired) electrons. The van der Waals surface area contributed by atoms with Crippen LogP contribution in [0.4, 0.5) is 0 Å². The second-order valence-corrected chi connectivity index (χ2v) is 5.20. The highest BCUT2D eigenvalue weighted by atomic mass is 16.5. The van der Waals surface area contributed by atoms with Crippen LogP contribution in [0.5, 0.6) is 0 Å². The van der Waals surface area contributed by atoms with Crippen LogP contribution >= 0.6 is 0 Å². The first-order chi connectivity index (χ1) is 9.81. The number of nitrogens with zero attached hydrogens (tertiary/aromatic N) is 2. The van der Waals surface area contributed by atoms with Crippen LogP contribution in [-0.4, -0.2) is 54.9 Å². The highest BCUT2D eigenvalue weighted by Gasteiger charge is 2.22. The number of morpholine rings is 1. The number of rotatable bonds is 7. The maximum absolute atomic E-state index is 11.7. The van der Waals surface area contributed by atoms with E-state index in [1.165, 1.54) is 0 Å². The molecule has 1 aliphatic heterocycles. The first-order valence-electron chi connectivity index (χ1n) is 7.49. The van der Waals surface area contributed by atoms with Crippen molar-refractivity contribution in [2.45, 2.75) is 25.9 Å². The highest BCUT2D eigenvalue weighted by Crippen LogP contribution is 2.06. The van der Waals surface area contributed by atoms with E-state index in [1.54, 1.807) is 16.7 Å². The van der Waals surface area contributed by atoms with E-state index in [2.05, 4.69) is 17.1 Å². The van der Waals surface area contributed by atoms with Gasteiger partial charge in [0.05, 0.1) is 13.2 Å². The maximum Gasteiger partial charge on any atom is 0.250 e. The Morgan fingerprint density at radius 1 is 1.40 bits per heavy atom. The van der Waals surface area contributed by atoms with Gasteiger partial charge in [-0.1, -0.05) is 13.0 Å². The summed E-state index contributed by atoms with van der Waals surface area (Å²) < 4.78 is 7.34. The minimum atomic E-state index is 0.0708. The molecule has 0 amide bonds. The predicted octanol–water partition coefficient (Wildman–Crippen LogP) is 0.549. The van der Waals surface area contributed by atoms with Gasteiger partial charge in [0.2, 0.25) is 0 Å². The van der Waals surface area contributed by atoms with Gasteiger partial charge in [-0.3, -0.25) is 9.69 Å². The van der Waals surface area contributed by atoms with Crippen LogP contribution in [0.3, 0.4) is 0 Å². The second-order valence-electron chi connectivity index (χ2n) is 5.20. The molecule has 1 aromatic heterocycles. The van der Waals surface area contributed by atoms with Gasteiger partial charge in [-0.05, 0) is 19.0 Å². The van der Waals surface area contributed by atoms with E-state index in [0.29, 0.717) is 6.04 Å². The molecule has 1 fully saturated rings. The van der Waals surface area contributed by atoms with Gasteiger partial charge >= 0.3 is 0 Å². The molecule has 2 rings (SSSR count). The molecule has 1 unspecified atom stereocenters. The van der Waals surface area contributed by atoms with Crippen LogP contribution in [0.25, 0.3) is 0 Å². The van der Waals surface area contributed by atoms with E-state index in [1.807, 2.05) is 12.3 Å². The summed E-state index contributed by atoms with van der Waals surface area (Å²) in [4.78, 5) is 14.1. The zero-order valence-electron chi connectivity index (χ0n) is 12.3. The summed E-state index contributed by atoms with van der Waals surface area (Å²) in [5.41, 5.74) is 0.0708. The van der Waals surface area contributed by atoms with Crippen LogP contribution in [0.15, 0.2) is 29.2 Å². The van der Waals surface area contributed by atoms with Crippen LogP contribution in [0.1, 0.15) is 13.3 Å². The number of pyridine rings is 1. The largest absolute Gasteiger partial charge is 0.378 e. The van der Waals surface area contributed by atoms with Crippen molar-refractivity contribution in [1.29, 1.82) is 0 Å². The zero-order chi connectivity index (χ0) is 14.2. The molecule has 0 saturated carbocycles. The topological polar surface area (TPSA) is 46.5 Å². The number of hydrogen-bond donors (Lipinski definition) is 1. The Hall–Kier alpha value is -1.17. The van der Waals surface area contributed by atoms with Crippen LogP contribution in [0, 0.1) is 0 Å². The number of hydrogen-bond acceptors (Lipinski definition) is 4. The summed E-state index contributed by atoms with van der Waals surface area (Å²) in [5.74, 6) is 0. The molecule has 112 valence electrons. The zero-order valence-corrected chi connectivity index (χ0v) is 12.3. The maximum atomic E-state index is 11.7. The molecule has 20 heavy (non-hydrogen) atoms. The van der Waals surface area contributed by atoms with Crippen molar-refractivity contribution in [3.05, 3.63) is 34.7 Å². The second kappa shape index (κ2) is 8.19. The Kier molecular flexibility index (Phi) is 6.24. The lowest BCUT2D eigenvalue weighted by Crippen LogP contribution is -2.51. The van der Waals surface area contributed by atoms with E-state index < -0.39 is 0 Å². The van der Waals surface area contributed by atoms with Crippen molar-refractivity contribution in [3.63, 3.8) is 0 Å². The monoisotopic (exact) mass is 279 g/mol. The third-order valence-electron chi connectivity index (χ3n) is 3.68. The molecule has 1 N–H and O–H groups in total. The van der Waals surface area contributed by atoms with Gasteiger partial charge in [0, 0.05) is 44.5 Å². The molecule has 0 spiro atoms. The molecule has 0 aromatic carbocycles. The summed E-state index contributed by atoms with van der Waals surface area (Å²) >= 11 is 0. The molecule has 0 bridgehead atoms. The highest BCUT2D eigenvalue weighted by molar-refractivity contribution is 4.93. The van der Waals surface area contributed by atoms with Gasteiger partial charge in [-0.2, -0.15) is 0 Å². The quantitative estimate of drug-likeness (QED) is 0.741. The van der Waals surface area contributed by atoms with E-state index >= 15 is 0 Å². The fourth-order valence-electron chi connectivity index (χ4n) is 2.50. The Labute approximate surface area is 120 Å². The van der Waals surface area contributed by atoms with Gasteiger partial charge in [0.15, 0.2) is 0 Å². The molecule has 1 aromatic rings. The summed E-state index contributed by atoms with van der Waals surface area (Å²) in [6.07, 6.45) is 3.00. The van der Waals surface area contributed by atoms with E-state index in [9.17, 15) is 4.79 Å². The Balaban J connectivity index is 1.85. The lowest BCUT2D eigenvalue weighted by molar-refractivity contribution is -0.00817. The molecule has 1 atom stereocenters. The summed E-state index contributed by atoms with van der Waals surface area (Å²) in [5, 5.41) is 3.45. The van der Waals surface area contributed by atoms with E-state index in [0.717, 1.165) is 52.4 Å². The molecular formula is C15H25N3O2. The van der Waals surface area contributed by atoms with Crippen molar-refractivity contribution in [2.24, 2.45) is 0 Å². The van der Waals surface area contributed by atoms with Gasteiger partial charge < -0.3 is 14.6 Å². The van der Waals surface area contributed by atoms with Crippen molar-refractivity contribution in [3.8, 4) is 0 Å². The van der Waals surface area contributed by atoms with Crippen molar-refractivity contribution in [2.75, 3.05) is 39.4 Å². The Morgan fingerprint density at radius 2 is 2.30 bits per heavy atom. The standard InChI is InChI=1S/C15H25N3O2/c1-2-6-16-12-14-13-20-11-10-17(14)8-9-18-7-4-3-5-15(18)19/h3-5,7,14,16H,2,6,8-13H2,1H3. The van der Waals surface area contributed by atoms with E-state index in [-0.39, 0.29) is 5.56 Å². The van der Waals surface area contributed by atoms with Crippen molar-refractivity contribution < 1.29 is 4.74 Å². The molecule has 2 heterocycles. The Bertz CT molecular complexity index is 447. The van der Waals surface area contributed by atoms with E-state index in [4.69, 9.17) is 4.74 Å². The van der Waals surface area contributed by atoms with Crippen LogP contribution in [0.2, 0.25) is 0 Å². The average Bonchev–Trinajstić information content (AvgIpc) is 2.48. The molecule has 1 aliphatic rings. The molecule has 0 aliphatic carbocycles. The predicted molar refractivity (Wildman–Crippen MR) is 80.0 cm³/mol. The fourth-order valence-corrected chi connectivity index (χ4v) is 2.50. The first kappa shape index (κ1) is 15.2. The van der Waals surface area contributed by atoms with Crippen LogP contribution < -0.4 is 10.9 Å². The Morgan fingerprint density at radius 3 is 3.10 bits per heavy atom. The van der Waals surface area contributed by atoms with Crippen molar-refractivity contribution in [1.82, 2.24) is 14.8 Å². The summed E-state index contributed by atoms with van der Waals surface area (Å²) in [6.45, 7) is 8.31. The number of aromatic nitrogens is 1.